The monoisotopic (exact) mass is 748 g/mol. The van der Waals surface area contributed by atoms with Gasteiger partial charge in [-0.25, -0.2) is 28.8 Å². The van der Waals surface area contributed by atoms with Gasteiger partial charge in [0, 0.05) is 37.3 Å². The number of alkyl carbamates (subject to hydrolysis) is 1. The molecule has 0 aliphatic heterocycles. The molecule has 1 aliphatic carbocycles. The minimum absolute atomic E-state index is 0.122. The number of esters is 5. The van der Waals surface area contributed by atoms with E-state index in [9.17, 15) is 33.6 Å². The summed E-state index contributed by atoms with van der Waals surface area (Å²) in [7, 11) is 0. The number of nitrogens with one attached hydrogen (secondary N) is 2. The van der Waals surface area contributed by atoms with Crippen molar-refractivity contribution in [1.82, 2.24) is 10.6 Å². The van der Waals surface area contributed by atoms with Gasteiger partial charge in [0.05, 0.1) is 35.6 Å². The van der Waals surface area contributed by atoms with Crippen LogP contribution in [0.5, 0.6) is 0 Å². The van der Waals surface area contributed by atoms with E-state index in [1.165, 1.54) is 6.92 Å². The lowest BCUT2D eigenvalue weighted by molar-refractivity contribution is -0.167. The van der Waals surface area contributed by atoms with Crippen molar-refractivity contribution in [3.63, 3.8) is 0 Å². The average molecular weight is 749 g/mol. The molecule has 2 amide bonds. The fourth-order valence-electron chi connectivity index (χ4n) is 5.63. The maximum absolute atomic E-state index is 13.3. The number of ether oxygens (including phenoxy) is 7. The Labute approximate surface area is 309 Å². The van der Waals surface area contributed by atoms with Crippen molar-refractivity contribution in [2.75, 3.05) is 52.9 Å². The Hall–Kier alpha value is -5.25. The molecule has 16 nitrogen and oxygen atoms in total. The number of carbonyl (C=O) groups is 7. The van der Waals surface area contributed by atoms with Gasteiger partial charge in [-0.2, -0.15) is 0 Å². The molecule has 0 saturated heterocycles. The number of amides is 2. The molecule has 0 spiro atoms. The summed E-state index contributed by atoms with van der Waals surface area (Å²) in [5.41, 5.74) is -4.07. The first-order valence-corrected chi connectivity index (χ1v) is 16.6. The Morgan fingerprint density at radius 3 is 1.26 bits per heavy atom. The summed E-state index contributed by atoms with van der Waals surface area (Å²) in [5.74, 6) is -4.54. The average Bonchev–Trinajstić information content (AvgIpc) is 3.11. The van der Waals surface area contributed by atoms with Crippen molar-refractivity contribution in [1.29, 1.82) is 0 Å². The van der Waals surface area contributed by atoms with Gasteiger partial charge >= 0.3 is 35.9 Å². The fourth-order valence-corrected chi connectivity index (χ4v) is 5.63. The zero-order valence-electron chi connectivity index (χ0n) is 31.0. The van der Waals surface area contributed by atoms with Crippen LogP contribution in [0.15, 0.2) is 63.3 Å². The van der Waals surface area contributed by atoms with Crippen LogP contribution in [0, 0.1) is 16.2 Å². The highest BCUT2D eigenvalue weighted by molar-refractivity contribution is 5.83. The second-order valence-electron chi connectivity index (χ2n) is 13.8. The van der Waals surface area contributed by atoms with E-state index in [4.69, 9.17) is 33.2 Å². The van der Waals surface area contributed by atoms with E-state index in [2.05, 4.69) is 57.4 Å². The second-order valence-corrected chi connectivity index (χ2v) is 13.8. The van der Waals surface area contributed by atoms with Gasteiger partial charge in [-0.1, -0.05) is 46.7 Å². The summed E-state index contributed by atoms with van der Waals surface area (Å²) in [6, 6.07) is -0.523. The van der Waals surface area contributed by atoms with Crippen LogP contribution in [-0.2, 0) is 61.9 Å². The molecule has 2 unspecified atom stereocenters. The van der Waals surface area contributed by atoms with Gasteiger partial charge in [0.25, 0.3) is 0 Å². The van der Waals surface area contributed by atoms with Gasteiger partial charge in [-0.3, -0.25) is 4.79 Å². The molecule has 2 N–H and O–H groups in total. The highest BCUT2D eigenvalue weighted by Crippen LogP contribution is 2.41. The lowest BCUT2D eigenvalue weighted by Crippen LogP contribution is -2.64. The van der Waals surface area contributed by atoms with Crippen molar-refractivity contribution < 1.29 is 66.7 Å². The highest BCUT2D eigenvalue weighted by atomic mass is 16.6. The van der Waals surface area contributed by atoms with Crippen LogP contribution in [-0.4, -0.2) is 106 Å². The molecule has 0 radical (unpaired) electrons. The summed E-state index contributed by atoms with van der Waals surface area (Å²) < 4.78 is 38.0. The molecule has 1 saturated carbocycles. The Morgan fingerprint density at radius 1 is 0.604 bits per heavy atom. The van der Waals surface area contributed by atoms with E-state index in [0.717, 1.165) is 36.8 Å². The predicted octanol–water partition coefficient (Wildman–Crippen LogP) is 2.82. The maximum atomic E-state index is 13.3. The zero-order valence-corrected chi connectivity index (χ0v) is 31.0. The molecule has 0 heterocycles. The SMILES string of the molecule is C=CC(=O)OCC(COCC(COC(=O)C=C)(COC(=O)C=C)COC(=O)NC1CCC(C)(C)CC1(C)NC(C)=O)(COC(=O)C=C)COC(=O)C=C. The summed E-state index contributed by atoms with van der Waals surface area (Å²) in [6.07, 6.45) is 5.38. The topological polar surface area (TPSA) is 208 Å². The summed E-state index contributed by atoms with van der Waals surface area (Å²) in [4.78, 5) is 86.0. The van der Waals surface area contributed by atoms with Crippen LogP contribution in [0.3, 0.4) is 0 Å². The van der Waals surface area contributed by atoms with Crippen molar-refractivity contribution >= 4 is 41.8 Å². The van der Waals surface area contributed by atoms with E-state index < -0.39 is 111 Å². The number of hydrogen-bond acceptors (Lipinski definition) is 14. The lowest BCUT2D eigenvalue weighted by Gasteiger charge is -2.48. The highest BCUT2D eigenvalue weighted by Gasteiger charge is 2.46. The van der Waals surface area contributed by atoms with E-state index in [1.807, 2.05) is 6.92 Å². The van der Waals surface area contributed by atoms with E-state index in [-0.39, 0.29) is 11.3 Å². The molecule has 53 heavy (non-hydrogen) atoms. The van der Waals surface area contributed by atoms with Crippen LogP contribution in [0.2, 0.25) is 0 Å². The molecule has 0 bridgehead atoms. The molecular formula is C37H52N2O14. The van der Waals surface area contributed by atoms with Crippen LogP contribution >= 0.6 is 0 Å². The third-order valence-electron chi connectivity index (χ3n) is 8.24. The predicted molar refractivity (Wildman–Crippen MR) is 190 cm³/mol. The van der Waals surface area contributed by atoms with Gasteiger partial charge in [0.2, 0.25) is 5.91 Å². The first kappa shape index (κ1) is 45.8. The fraction of sp³-hybridized carbons (Fsp3) is 0.541. The minimum atomic E-state index is -1.59. The molecule has 2 atom stereocenters. The Kier molecular flexibility index (Phi) is 18.4. The Balaban J connectivity index is 3.48. The number of rotatable bonds is 23. The molecule has 0 aromatic carbocycles. The molecule has 1 rings (SSSR count). The smallest absolute Gasteiger partial charge is 0.407 e. The van der Waals surface area contributed by atoms with Crippen LogP contribution in [0.1, 0.15) is 47.0 Å². The summed E-state index contributed by atoms with van der Waals surface area (Å²) in [6.45, 7) is 20.0. The molecule has 0 aromatic heterocycles. The maximum Gasteiger partial charge on any atom is 0.407 e. The number of carbonyl (C=O) groups excluding carboxylic acids is 7. The zero-order chi connectivity index (χ0) is 40.3. The van der Waals surface area contributed by atoms with Crippen LogP contribution in [0.25, 0.3) is 0 Å². The van der Waals surface area contributed by atoms with Crippen molar-refractivity contribution in [3.05, 3.63) is 63.3 Å². The van der Waals surface area contributed by atoms with E-state index in [1.54, 1.807) is 0 Å². The first-order valence-electron chi connectivity index (χ1n) is 16.6. The molecular weight excluding hydrogens is 696 g/mol. The van der Waals surface area contributed by atoms with Gasteiger partial charge in [-0.15, -0.1) is 0 Å². The van der Waals surface area contributed by atoms with Crippen LogP contribution < -0.4 is 10.6 Å². The quantitative estimate of drug-likeness (QED) is 0.0876. The molecule has 1 fully saturated rings. The van der Waals surface area contributed by atoms with Crippen molar-refractivity contribution in [2.45, 2.75) is 58.5 Å². The third-order valence-corrected chi connectivity index (χ3v) is 8.24. The van der Waals surface area contributed by atoms with Crippen LogP contribution in [0.4, 0.5) is 4.79 Å². The Morgan fingerprint density at radius 2 is 0.943 bits per heavy atom. The molecule has 1 aliphatic rings. The second kappa shape index (κ2) is 21.3. The van der Waals surface area contributed by atoms with Crippen molar-refractivity contribution in [2.24, 2.45) is 16.2 Å². The van der Waals surface area contributed by atoms with Gasteiger partial charge in [0.1, 0.15) is 39.6 Å². The van der Waals surface area contributed by atoms with Gasteiger partial charge in [-0.05, 0) is 31.6 Å². The summed E-state index contributed by atoms with van der Waals surface area (Å²) in [5, 5.41) is 5.77. The normalized spacial score (nSPS) is 17.7. The first-order chi connectivity index (χ1) is 24.8. The van der Waals surface area contributed by atoms with Gasteiger partial charge in [0.15, 0.2) is 0 Å². The van der Waals surface area contributed by atoms with Crippen molar-refractivity contribution in [3.8, 4) is 0 Å². The van der Waals surface area contributed by atoms with E-state index in [0.29, 0.717) is 12.8 Å². The third kappa shape index (κ3) is 16.3. The largest absolute Gasteiger partial charge is 0.462 e. The Bertz CT molecular complexity index is 1320. The van der Waals surface area contributed by atoms with E-state index >= 15 is 0 Å². The summed E-state index contributed by atoms with van der Waals surface area (Å²) >= 11 is 0. The standard InChI is InChI=1S/C37H52N2O14/c1-10-28(41)48-20-36(21-49-29(42)11-2,22-50-30(43)12-3)18-47-19-37(23-51-31(44)13-4,24-52-32(45)14-5)25-53-33(46)38-27-15-16-34(7,8)17-35(27,9)39-26(6)40/h10-14,27H,1-5,15-25H2,6-9H3,(H,38,46)(H,39,40). The lowest BCUT2D eigenvalue weighted by atomic mass is 9.66. The van der Waals surface area contributed by atoms with Gasteiger partial charge < -0.3 is 43.8 Å². The molecule has 16 heteroatoms. The number of hydrogen-bond donors (Lipinski definition) is 2. The molecule has 294 valence electrons. The minimum Gasteiger partial charge on any atom is -0.462 e. The molecule has 0 aromatic rings.